The van der Waals surface area contributed by atoms with Crippen molar-refractivity contribution in [3.8, 4) is 0 Å². The van der Waals surface area contributed by atoms with Crippen LogP contribution in [-0.4, -0.2) is 4.57 Å². The Morgan fingerprint density at radius 3 is 2.54 bits per heavy atom. The Morgan fingerprint density at radius 2 is 1.85 bits per heavy atom. The van der Waals surface area contributed by atoms with Gasteiger partial charge in [-0.15, -0.1) is 0 Å². The topological polar surface area (TPSA) is 4.93 Å². The molecule has 1 aromatic carbocycles. The van der Waals surface area contributed by atoms with Crippen molar-refractivity contribution < 1.29 is 0 Å². The molecular formula is C11H12ClN. The number of fused-ring (bicyclic) bond motifs is 1. The Balaban J connectivity index is 2.89. The van der Waals surface area contributed by atoms with Crippen LogP contribution >= 0.6 is 11.6 Å². The van der Waals surface area contributed by atoms with Crippen molar-refractivity contribution in [3.05, 3.63) is 34.5 Å². The first kappa shape index (κ1) is 8.64. The first-order valence-corrected chi connectivity index (χ1v) is 4.69. The second-order valence-corrected chi connectivity index (χ2v) is 3.91. The van der Waals surface area contributed by atoms with Crippen LogP contribution in [-0.2, 0) is 7.05 Å². The molecule has 0 saturated heterocycles. The zero-order valence-electron chi connectivity index (χ0n) is 8.06. The second-order valence-electron chi connectivity index (χ2n) is 3.50. The first-order chi connectivity index (χ1) is 6.09. The van der Waals surface area contributed by atoms with E-state index < -0.39 is 0 Å². The van der Waals surface area contributed by atoms with Gasteiger partial charge >= 0.3 is 0 Å². The SMILES string of the molecule is Cc1cc2c(cc1Cl)cc(C)n2C. The summed E-state index contributed by atoms with van der Waals surface area (Å²) in [6.07, 6.45) is 0. The second kappa shape index (κ2) is 2.78. The van der Waals surface area contributed by atoms with E-state index in [4.69, 9.17) is 11.6 Å². The van der Waals surface area contributed by atoms with Crippen LogP contribution in [0.15, 0.2) is 18.2 Å². The number of benzene rings is 1. The Labute approximate surface area is 82.9 Å². The van der Waals surface area contributed by atoms with E-state index in [1.807, 2.05) is 13.0 Å². The molecule has 0 N–H and O–H groups in total. The van der Waals surface area contributed by atoms with E-state index in [0.29, 0.717) is 0 Å². The molecule has 1 aromatic heterocycles. The molecule has 0 radical (unpaired) electrons. The molecule has 13 heavy (non-hydrogen) atoms. The fraction of sp³-hybridized carbons (Fsp3) is 0.273. The fourth-order valence-electron chi connectivity index (χ4n) is 1.60. The molecule has 0 atom stereocenters. The first-order valence-electron chi connectivity index (χ1n) is 4.32. The fourth-order valence-corrected chi connectivity index (χ4v) is 1.77. The van der Waals surface area contributed by atoms with Gasteiger partial charge in [0.15, 0.2) is 0 Å². The highest BCUT2D eigenvalue weighted by Gasteiger charge is 2.04. The van der Waals surface area contributed by atoms with Gasteiger partial charge in [0.05, 0.1) is 0 Å². The van der Waals surface area contributed by atoms with Crippen molar-refractivity contribution in [1.82, 2.24) is 4.57 Å². The van der Waals surface area contributed by atoms with Gasteiger partial charge in [0.1, 0.15) is 0 Å². The number of rotatable bonds is 0. The maximum Gasteiger partial charge on any atom is 0.0483 e. The lowest BCUT2D eigenvalue weighted by Gasteiger charge is -2.01. The van der Waals surface area contributed by atoms with E-state index in [2.05, 4.69) is 30.7 Å². The van der Waals surface area contributed by atoms with Crippen LogP contribution in [0, 0.1) is 13.8 Å². The molecule has 68 valence electrons. The van der Waals surface area contributed by atoms with Gasteiger partial charge in [-0.05, 0) is 37.6 Å². The Kier molecular flexibility index (Phi) is 1.85. The van der Waals surface area contributed by atoms with E-state index in [9.17, 15) is 0 Å². The molecule has 0 bridgehead atoms. The Bertz CT molecular complexity index is 468. The molecule has 0 amide bonds. The van der Waals surface area contributed by atoms with E-state index in [1.54, 1.807) is 0 Å². The zero-order chi connectivity index (χ0) is 9.59. The standard InChI is InChI=1S/C11H12ClN/c1-7-4-11-9(6-10(7)12)5-8(2)13(11)3/h4-6H,1-3H3. The minimum atomic E-state index is 0.845. The van der Waals surface area contributed by atoms with Crippen LogP contribution < -0.4 is 0 Å². The van der Waals surface area contributed by atoms with Crippen LogP contribution in [0.2, 0.25) is 5.02 Å². The Morgan fingerprint density at radius 1 is 1.15 bits per heavy atom. The van der Waals surface area contributed by atoms with Crippen molar-refractivity contribution in [2.24, 2.45) is 7.05 Å². The van der Waals surface area contributed by atoms with Crippen molar-refractivity contribution in [2.45, 2.75) is 13.8 Å². The van der Waals surface area contributed by atoms with Gasteiger partial charge in [0.2, 0.25) is 0 Å². The summed E-state index contributed by atoms with van der Waals surface area (Å²) in [6, 6.07) is 6.31. The molecule has 0 aliphatic carbocycles. The van der Waals surface area contributed by atoms with Crippen molar-refractivity contribution in [3.63, 3.8) is 0 Å². The summed E-state index contributed by atoms with van der Waals surface area (Å²) in [5, 5.41) is 2.06. The highest BCUT2D eigenvalue weighted by Crippen LogP contribution is 2.25. The molecule has 1 nitrogen and oxygen atoms in total. The number of aromatic nitrogens is 1. The molecule has 0 fully saturated rings. The van der Waals surface area contributed by atoms with E-state index in [-0.39, 0.29) is 0 Å². The number of nitrogens with zero attached hydrogens (tertiary/aromatic N) is 1. The van der Waals surface area contributed by atoms with Crippen LogP contribution in [0.4, 0.5) is 0 Å². The predicted octanol–water partition coefficient (Wildman–Crippen LogP) is 3.45. The third-order valence-electron chi connectivity index (χ3n) is 2.56. The van der Waals surface area contributed by atoms with E-state index in [0.717, 1.165) is 10.6 Å². The van der Waals surface area contributed by atoms with Gasteiger partial charge in [-0.3, -0.25) is 0 Å². The normalized spacial score (nSPS) is 11.1. The summed E-state index contributed by atoms with van der Waals surface area (Å²) < 4.78 is 2.18. The molecule has 0 spiro atoms. The van der Waals surface area contributed by atoms with Gasteiger partial charge in [0.25, 0.3) is 0 Å². The van der Waals surface area contributed by atoms with Gasteiger partial charge < -0.3 is 4.57 Å². The minimum Gasteiger partial charge on any atom is -0.348 e. The van der Waals surface area contributed by atoms with E-state index in [1.165, 1.54) is 16.6 Å². The zero-order valence-corrected chi connectivity index (χ0v) is 8.81. The summed E-state index contributed by atoms with van der Waals surface area (Å²) in [4.78, 5) is 0. The van der Waals surface area contributed by atoms with Crippen LogP contribution in [0.3, 0.4) is 0 Å². The lowest BCUT2D eigenvalue weighted by atomic mass is 10.2. The third-order valence-corrected chi connectivity index (χ3v) is 2.97. The average molecular weight is 194 g/mol. The molecule has 0 unspecified atom stereocenters. The van der Waals surface area contributed by atoms with Crippen molar-refractivity contribution in [1.29, 1.82) is 0 Å². The molecule has 0 saturated carbocycles. The van der Waals surface area contributed by atoms with Gasteiger partial charge in [-0.2, -0.15) is 0 Å². The van der Waals surface area contributed by atoms with Crippen LogP contribution in [0.1, 0.15) is 11.3 Å². The smallest absolute Gasteiger partial charge is 0.0483 e. The predicted molar refractivity (Wildman–Crippen MR) is 57.4 cm³/mol. The summed E-state index contributed by atoms with van der Waals surface area (Å²) in [5.41, 5.74) is 3.64. The molecule has 0 aliphatic heterocycles. The maximum atomic E-state index is 6.04. The number of hydrogen-bond acceptors (Lipinski definition) is 0. The summed E-state index contributed by atoms with van der Waals surface area (Å²) in [6.45, 7) is 4.13. The molecule has 2 aromatic rings. The minimum absolute atomic E-state index is 0.845. The van der Waals surface area contributed by atoms with Gasteiger partial charge in [-0.1, -0.05) is 11.6 Å². The molecule has 1 heterocycles. The third kappa shape index (κ3) is 1.24. The highest BCUT2D eigenvalue weighted by atomic mass is 35.5. The average Bonchev–Trinajstić information content (AvgIpc) is 2.32. The number of halogens is 1. The Hall–Kier alpha value is -0.950. The maximum absolute atomic E-state index is 6.04. The summed E-state index contributed by atoms with van der Waals surface area (Å²) in [5.74, 6) is 0. The van der Waals surface area contributed by atoms with Gasteiger partial charge in [-0.25, -0.2) is 0 Å². The van der Waals surface area contributed by atoms with Crippen molar-refractivity contribution in [2.75, 3.05) is 0 Å². The summed E-state index contributed by atoms with van der Waals surface area (Å²) >= 11 is 6.04. The van der Waals surface area contributed by atoms with Crippen molar-refractivity contribution >= 4 is 22.5 Å². The van der Waals surface area contributed by atoms with E-state index >= 15 is 0 Å². The number of aryl methyl sites for hydroxylation is 3. The molecule has 2 rings (SSSR count). The quantitative estimate of drug-likeness (QED) is 0.604. The largest absolute Gasteiger partial charge is 0.348 e. The van der Waals surface area contributed by atoms with Crippen LogP contribution in [0.25, 0.3) is 10.9 Å². The lowest BCUT2D eigenvalue weighted by Crippen LogP contribution is -1.89. The van der Waals surface area contributed by atoms with Gasteiger partial charge in [0, 0.05) is 28.7 Å². The number of hydrogen-bond donors (Lipinski definition) is 0. The molecule has 2 heteroatoms. The highest BCUT2D eigenvalue weighted by molar-refractivity contribution is 6.32. The summed E-state index contributed by atoms with van der Waals surface area (Å²) in [7, 11) is 2.07. The van der Waals surface area contributed by atoms with Crippen LogP contribution in [0.5, 0.6) is 0 Å². The molecule has 0 aliphatic rings. The lowest BCUT2D eigenvalue weighted by molar-refractivity contribution is 0.917. The monoisotopic (exact) mass is 193 g/mol. The molecular weight excluding hydrogens is 182 g/mol.